The molecule has 0 bridgehead atoms. The van der Waals surface area contributed by atoms with Gasteiger partial charge in [0.25, 0.3) is 0 Å². The SMILES string of the molecule is CO[Si](Cc1ccc(Br)cc1)(OC)OC. The lowest BCUT2D eigenvalue weighted by atomic mass is 10.2. The first kappa shape index (κ1) is 12.9. The van der Waals surface area contributed by atoms with Gasteiger partial charge in [0.15, 0.2) is 0 Å². The van der Waals surface area contributed by atoms with Gasteiger partial charge in [0.1, 0.15) is 0 Å². The average Bonchev–Trinajstić information content (AvgIpc) is 2.29. The van der Waals surface area contributed by atoms with E-state index in [1.807, 2.05) is 24.3 Å². The molecule has 0 aliphatic rings. The number of rotatable bonds is 5. The lowest BCUT2D eigenvalue weighted by molar-refractivity contribution is 0.122. The Morgan fingerprint density at radius 1 is 1.00 bits per heavy atom. The number of halogens is 1. The molecule has 1 aromatic carbocycles. The molecule has 1 rings (SSSR count). The van der Waals surface area contributed by atoms with Crippen LogP contribution in [0.25, 0.3) is 0 Å². The van der Waals surface area contributed by atoms with E-state index in [4.69, 9.17) is 13.3 Å². The molecule has 0 N–H and O–H groups in total. The smallest absolute Gasteiger partial charge is 0.377 e. The number of hydrogen-bond donors (Lipinski definition) is 0. The van der Waals surface area contributed by atoms with Gasteiger partial charge in [-0.15, -0.1) is 0 Å². The van der Waals surface area contributed by atoms with Crippen LogP contribution in [0.3, 0.4) is 0 Å². The van der Waals surface area contributed by atoms with Crippen molar-refractivity contribution < 1.29 is 13.3 Å². The van der Waals surface area contributed by atoms with Crippen LogP contribution in [-0.2, 0) is 19.3 Å². The molecule has 15 heavy (non-hydrogen) atoms. The fourth-order valence-corrected chi connectivity index (χ4v) is 3.25. The van der Waals surface area contributed by atoms with Crippen molar-refractivity contribution in [2.24, 2.45) is 0 Å². The zero-order valence-electron chi connectivity index (χ0n) is 9.12. The largest absolute Gasteiger partial charge is 0.504 e. The van der Waals surface area contributed by atoms with E-state index < -0.39 is 8.80 Å². The molecule has 0 saturated carbocycles. The summed E-state index contributed by atoms with van der Waals surface area (Å²) in [6.45, 7) is 0. The summed E-state index contributed by atoms with van der Waals surface area (Å²) in [4.78, 5) is 0. The van der Waals surface area contributed by atoms with Gasteiger partial charge < -0.3 is 13.3 Å². The maximum absolute atomic E-state index is 5.35. The monoisotopic (exact) mass is 290 g/mol. The molecule has 0 atom stereocenters. The number of benzene rings is 1. The van der Waals surface area contributed by atoms with E-state index in [1.165, 1.54) is 0 Å². The minimum Gasteiger partial charge on any atom is -0.377 e. The second-order valence-corrected chi connectivity index (χ2v) is 6.96. The van der Waals surface area contributed by atoms with Crippen LogP contribution >= 0.6 is 15.9 Å². The van der Waals surface area contributed by atoms with Crippen LogP contribution < -0.4 is 0 Å². The Balaban J connectivity index is 2.78. The fourth-order valence-electron chi connectivity index (χ4n) is 1.32. The molecule has 0 amide bonds. The fraction of sp³-hybridized carbons (Fsp3) is 0.400. The van der Waals surface area contributed by atoms with Crippen molar-refractivity contribution in [1.29, 1.82) is 0 Å². The third kappa shape index (κ3) is 3.39. The summed E-state index contributed by atoms with van der Waals surface area (Å²) in [5, 5.41) is 0. The Morgan fingerprint density at radius 3 is 1.87 bits per heavy atom. The van der Waals surface area contributed by atoms with Gasteiger partial charge in [0, 0.05) is 31.8 Å². The van der Waals surface area contributed by atoms with Crippen LogP contribution in [0.15, 0.2) is 28.7 Å². The molecule has 84 valence electrons. The molecule has 5 heteroatoms. The van der Waals surface area contributed by atoms with E-state index in [9.17, 15) is 0 Å². The molecule has 1 aromatic rings. The van der Waals surface area contributed by atoms with Crippen molar-refractivity contribution in [3.8, 4) is 0 Å². The van der Waals surface area contributed by atoms with Crippen LogP contribution in [0.1, 0.15) is 5.56 Å². The van der Waals surface area contributed by atoms with Crippen LogP contribution in [0.5, 0.6) is 0 Å². The quantitative estimate of drug-likeness (QED) is 0.780. The van der Waals surface area contributed by atoms with Gasteiger partial charge in [-0.25, -0.2) is 0 Å². The predicted octanol–water partition coefficient (Wildman–Crippen LogP) is 2.41. The van der Waals surface area contributed by atoms with Crippen LogP contribution in [-0.4, -0.2) is 30.1 Å². The molecule has 0 radical (unpaired) electrons. The molecular formula is C10H15BrO3Si. The van der Waals surface area contributed by atoms with Crippen molar-refractivity contribution in [3.05, 3.63) is 34.3 Å². The summed E-state index contributed by atoms with van der Waals surface area (Å²) in [5.74, 6) is 0. The first-order valence-corrected chi connectivity index (χ1v) is 7.28. The van der Waals surface area contributed by atoms with Crippen molar-refractivity contribution in [1.82, 2.24) is 0 Å². The summed E-state index contributed by atoms with van der Waals surface area (Å²) < 4.78 is 17.1. The van der Waals surface area contributed by atoms with Gasteiger partial charge in [-0.3, -0.25) is 0 Å². The van der Waals surface area contributed by atoms with E-state index in [0.29, 0.717) is 6.04 Å². The number of hydrogen-bond acceptors (Lipinski definition) is 3. The highest BCUT2D eigenvalue weighted by Gasteiger charge is 2.37. The van der Waals surface area contributed by atoms with Gasteiger partial charge in [0.2, 0.25) is 0 Å². The van der Waals surface area contributed by atoms with E-state index in [2.05, 4.69) is 15.9 Å². The Bertz CT molecular complexity index is 290. The van der Waals surface area contributed by atoms with Crippen LogP contribution in [0, 0.1) is 0 Å². The molecule has 0 heterocycles. The molecule has 0 aromatic heterocycles. The Labute approximate surface area is 99.9 Å². The second kappa shape index (κ2) is 5.76. The average molecular weight is 291 g/mol. The van der Waals surface area contributed by atoms with Gasteiger partial charge in [0.05, 0.1) is 0 Å². The molecule has 3 nitrogen and oxygen atoms in total. The van der Waals surface area contributed by atoms with Gasteiger partial charge in [-0.05, 0) is 17.7 Å². The standard InChI is InChI=1S/C10H15BrO3Si/c1-12-15(13-2,14-3)8-9-4-6-10(11)7-5-9/h4-7H,8H2,1-3H3. The molecular weight excluding hydrogens is 276 g/mol. The molecule has 0 aliphatic carbocycles. The maximum atomic E-state index is 5.35. The molecule has 0 unspecified atom stereocenters. The normalized spacial score (nSPS) is 11.7. The summed E-state index contributed by atoms with van der Waals surface area (Å²) in [7, 11) is 2.38. The third-order valence-electron chi connectivity index (χ3n) is 2.27. The Morgan fingerprint density at radius 2 is 1.47 bits per heavy atom. The summed E-state index contributed by atoms with van der Waals surface area (Å²) in [6, 6.07) is 8.74. The van der Waals surface area contributed by atoms with Crippen molar-refractivity contribution in [2.75, 3.05) is 21.3 Å². The zero-order chi connectivity index (χ0) is 11.3. The Kier molecular flexibility index (Phi) is 4.94. The van der Waals surface area contributed by atoms with E-state index in [-0.39, 0.29) is 0 Å². The Hall–Kier alpha value is -0.203. The molecule has 0 spiro atoms. The van der Waals surface area contributed by atoms with Crippen molar-refractivity contribution in [3.63, 3.8) is 0 Å². The van der Waals surface area contributed by atoms with Crippen LogP contribution in [0.2, 0.25) is 0 Å². The van der Waals surface area contributed by atoms with Crippen molar-refractivity contribution in [2.45, 2.75) is 6.04 Å². The lowest BCUT2D eigenvalue weighted by Gasteiger charge is -2.24. The minimum absolute atomic E-state index is 0.684. The summed E-state index contributed by atoms with van der Waals surface area (Å²) in [5.41, 5.74) is 1.15. The minimum atomic E-state index is -2.49. The molecule has 0 fully saturated rings. The molecule has 0 saturated heterocycles. The second-order valence-electron chi connectivity index (χ2n) is 3.10. The van der Waals surface area contributed by atoms with Gasteiger partial charge in [-0.1, -0.05) is 28.1 Å². The first-order valence-electron chi connectivity index (χ1n) is 4.55. The molecule has 0 aliphatic heterocycles. The van der Waals surface area contributed by atoms with E-state index in [0.717, 1.165) is 10.0 Å². The van der Waals surface area contributed by atoms with Crippen molar-refractivity contribution >= 4 is 24.7 Å². The van der Waals surface area contributed by atoms with E-state index in [1.54, 1.807) is 21.3 Å². The maximum Gasteiger partial charge on any atom is 0.504 e. The highest BCUT2D eigenvalue weighted by Crippen LogP contribution is 2.17. The zero-order valence-corrected chi connectivity index (χ0v) is 11.7. The topological polar surface area (TPSA) is 27.7 Å². The summed E-state index contributed by atoms with van der Waals surface area (Å²) in [6.07, 6.45) is 0. The van der Waals surface area contributed by atoms with E-state index >= 15 is 0 Å². The highest BCUT2D eigenvalue weighted by molar-refractivity contribution is 9.10. The highest BCUT2D eigenvalue weighted by atomic mass is 79.9. The third-order valence-corrected chi connectivity index (χ3v) is 5.50. The lowest BCUT2D eigenvalue weighted by Crippen LogP contribution is -2.45. The van der Waals surface area contributed by atoms with Gasteiger partial charge in [-0.2, -0.15) is 0 Å². The van der Waals surface area contributed by atoms with Gasteiger partial charge >= 0.3 is 8.80 Å². The predicted molar refractivity (Wildman–Crippen MR) is 64.6 cm³/mol. The first-order chi connectivity index (χ1) is 7.15. The summed E-state index contributed by atoms with van der Waals surface area (Å²) >= 11 is 3.39. The van der Waals surface area contributed by atoms with Crippen LogP contribution in [0.4, 0.5) is 0 Å².